The minimum atomic E-state index is -0.513. The van der Waals surface area contributed by atoms with Crippen LogP contribution in [-0.4, -0.2) is 46.0 Å². The van der Waals surface area contributed by atoms with Crippen molar-refractivity contribution in [1.82, 2.24) is 20.4 Å². The van der Waals surface area contributed by atoms with Gasteiger partial charge in [-0.25, -0.2) is 0 Å². The zero-order chi connectivity index (χ0) is 21.5. The third kappa shape index (κ3) is 5.48. The van der Waals surface area contributed by atoms with E-state index in [2.05, 4.69) is 15.5 Å². The molecule has 1 fully saturated rings. The summed E-state index contributed by atoms with van der Waals surface area (Å²) in [5.41, 5.74) is 1.02. The lowest BCUT2D eigenvalue weighted by molar-refractivity contribution is -0.143. The third-order valence-corrected chi connectivity index (χ3v) is 5.09. The molecule has 8 nitrogen and oxygen atoms in total. The van der Waals surface area contributed by atoms with Gasteiger partial charge in [0, 0.05) is 32.4 Å². The van der Waals surface area contributed by atoms with Gasteiger partial charge < -0.3 is 19.4 Å². The van der Waals surface area contributed by atoms with E-state index in [1.54, 1.807) is 4.90 Å². The number of carbonyl (C=O) groups excluding carboxylic acids is 2. The molecule has 2 heterocycles. The number of ether oxygens (including phenoxy) is 1. The molecule has 160 valence electrons. The molecule has 1 aromatic heterocycles. The van der Waals surface area contributed by atoms with Crippen molar-refractivity contribution in [2.75, 3.05) is 13.1 Å². The van der Waals surface area contributed by atoms with Gasteiger partial charge >= 0.3 is 0 Å². The fraction of sp³-hybridized carbons (Fsp3) is 0.304. The van der Waals surface area contributed by atoms with Crippen LogP contribution in [0.25, 0.3) is 0 Å². The van der Waals surface area contributed by atoms with Gasteiger partial charge in [-0.3, -0.25) is 9.59 Å². The second-order valence-electron chi connectivity index (χ2n) is 7.27. The molecule has 31 heavy (non-hydrogen) atoms. The van der Waals surface area contributed by atoms with E-state index in [0.717, 1.165) is 5.56 Å². The van der Waals surface area contributed by atoms with Gasteiger partial charge in [-0.1, -0.05) is 48.5 Å². The Balaban J connectivity index is 1.32. The van der Waals surface area contributed by atoms with Gasteiger partial charge in [-0.15, -0.1) is 10.2 Å². The molecular weight excluding hydrogens is 396 g/mol. The lowest BCUT2D eigenvalue weighted by Crippen LogP contribution is -2.58. The lowest BCUT2D eigenvalue weighted by atomic mass is 10.0. The first-order chi connectivity index (χ1) is 15.2. The van der Waals surface area contributed by atoms with Crippen LogP contribution < -0.4 is 10.1 Å². The van der Waals surface area contributed by atoms with E-state index >= 15 is 0 Å². The van der Waals surface area contributed by atoms with Crippen molar-refractivity contribution in [2.45, 2.75) is 31.9 Å². The maximum Gasteiger partial charge on any atom is 0.253 e. The first-order valence-electron chi connectivity index (χ1n) is 10.3. The van der Waals surface area contributed by atoms with Gasteiger partial charge in [0.05, 0.1) is 0 Å². The highest BCUT2D eigenvalue weighted by Gasteiger charge is 2.32. The number of piperazine rings is 1. The second kappa shape index (κ2) is 9.88. The maximum atomic E-state index is 12.9. The van der Waals surface area contributed by atoms with Crippen molar-refractivity contribution in [3.63, 3.8) is 0 Å². The van der Waals surface area contributed by atoms with Gasteiger partial charge in [0.2, 0.25) is 17.7 Å². The van der Waals surface area contributed by atoms with Crippen molar-refractivity contribution in [2.24, 2.45) is 0 Å². The summed E-state index contributed by atoms with van der Waals surface area (Å²) in [5, 5.41) is 10.8. The fourth-order valence-corrected chi connectivity index (χ4v) is 3.52. The summed E-state index contributed by atoms with van der Waals surface area (Å²) in [4.78, 5) is 26.9. The number of nitrogens with one attached hydrogen (secondary N) is 1. The van der Waals surface area contributed by atoms with Crippen molar-refractivity contribution >= 4 is 11.8 Å². The van der Waals surface area contributed by atoms with Crippen LogP contribution in [0.2, 0.25) is 0 Å². The van der Waals surface area contributed by atoms with E-state index in [0.29, 0.717) is 43.5 Å². The molecule has 0 saturated carbocycles. The first kappa shape index (κ1) is 20.6. The average Bonchev–Trinajstić information content (AvgIpc) is 3.27. The molecule has 0 spiro atoms. The monoisotopic (exact) mass is 420 g/mol. The Kier molecular flexibility index (Phi) is 6.56. The molecule has 1 atom stereocenters. The number of hydrogen-bond acceptors (Lipinski definition) is 6. The van der Waals surface area contributed by atoms with Crippen molar-refractivity contribution in [3.8, 4) is 5.75 Å². The molecule has 8 heteroatoms. The Hall–Kier alpha value is -3.68. The Morgan fingerprint density at radius 1 is 1.06 bits per heavy atom. The Morgan fingerprint density at radius 3 is 2.55 bits per heavy atom. The summed E-state index contributed by atoms with van der Waals surface area (Å²) in [7, 11) is 0. The lowest BCUT2D eigenvalue weighted by Gasteiger charge is -2.35. The van der Waals surface area contributed by atoms with Gasteiger partial charge in [-0.05, 0) is 17.7 Å². The molecule has 1 aliphatic rings. The Morgan fingerprint density at radius 2 is 1.77 bits per heavy atom. The number of carbonyl (C=O) groups is 2. The highest BCUT2D eigenvalue weighted by molar-refractivity contribution is 5.89. The molecule has 0 radical (unpaired) electrons. The van der Waals surface area contributed by atoms with Crippen LogP contribution in [0, 0.1) is 0 Å². The van der Waals surface area contributed by atoms with Crippen molar-refractivity contribution in [1.29, 1.82) is 0 Å². The average molecular weight is 420 g/mol. The van der Waals surface area contributed by atoms with Crippen LogP contribution in [0.3, 0.4) is 0 Å². The number of para-hydroxylation sites is 1. The predicted octanol–water partition coefficient (Wildman–Crippen LogP) is 2.15. The topological polar surface area (TPSA) is 97.6 Å². The SMILES string of the molecule is O=C1NCCN(C(=O)CCc2nnc(COc3ccccc3)o2)[C@H]1Cc1ccccc1. The summed E-state index contributed by atoms with van der Waals surface area (Å²) >= 11 is 0. The van der Waals surface area contributed by atoms with Crippen LogP contribution in [0.1, 0.15) is 23.8 Å². The number of nitrogens with zero attached hydrogens (tertiary/aromatic N) is 3. The zero-order valence-corrected chi connectivity index (χ0v) is 17.1. The molecule has 2 aromatic carbocycles. The summed E-state index contributed by atoms with van der Waals surface area (Å²) in [5.74, 6) is 1.22. The van der Waals surface area contributed by atoms with Gasteiger partial charge in [0.1, 0.15) is 11.8 Å². The summed E-state index contributed by atoms with van der Waals surface area (Å²) in [6.07, 6.45) is 0.993. The highest BCUT2D eigenvalue weighted by Crippen LogP contribution is 2.15. The largest absolute Gasteiger partial charge is 0.484 e. The zero-order valence-electron chi connectivity index (χ0n) is 17.1. The van der Waals surface area contributed by atoms with E-state index in [1.807, 2.05) is 60.7 Å². The minimum Gasteiger partial charge on any atom is -0.484 e. The molecule has 2 amide bonds. The van der Waals surface area contributed by atoms with Gasteiger partial charge in [-0.2, -0.15) is 0 Å². The standard InChI is InChI=1S/C23H24N4O4/c28-22(27-14-13-24-23(29)19(27)15-17-7-3-1-4-8-17)12-11-20-25-26-21(31-20)16-30-18-9-5-2-6-10-18/h1-10,19H,11-16H2,(H,24,29)/t19-/m0/s1. The number of hydrogen-bond donors (Lipinski definition) is 1. The molecule has 0 unspecified atom stereocenters. The van der Waals surface area contributed by atoms with Gasteiger partial charge in [0.25, 0.3) is 5.89 Å². The van der Waals surface area contributed by atoms with E-state index in [1.165, 1.54) is 0 Å². The molecule has 1 aliphatic heterocycles. The Labute approximate surface area is 180 Å². The maximum absolute atomic E-state index is 12.9. The molecule has 0 aliphatic carbocycles. The number of aryl methyl sites for hydroxylation is 1. The molecule has 0 bridgehead atoms. The third-order valence-electron chi connectivity index (χ3n) is 5.09. The fourth-order valence-electron chi connectivity index (χ4n) is 3.52. The normalized spacial score (nSPS) is 16.1. The van der Waals surface area contributed by atoms with Crippen LogP contribution >= 0.6 is 0 Å². The van der Waals surface area contributed by atoms with E-state index in [-0.39, 0.29) is 24.8 Å². The molecule has 4 rings (SSSR count). The quantitative estimate of drug-likeness (QED) is 0.600. The summed E-state index contributed by atoms with van der Waals surface area (Å²) < 4.78 is 11.2. The van der Waals surface area contributed by atoms with Gasteiger partial charge in [0.15, 0.2) is 6.61 Å². The number of aromatic nitrogens is 2. The molecule has 1 saturated heterocycles. The number of amides is 2. The molecule has 1 N–H and O–H groups in total. The van der Waals surface area contributed by atoms with E-state index in [4.69, 9.17) is 9.15 Å². The van der Waals surface area contributed by atoms with Crippen LogP contribution in [0.5, 0.6) is 5.75 Å². The van der Waals surface area contributed by atoms with Crippen LogP contribution in [0.15, 0.2) is 65.1 Å². The van der Waals surface area contributed by atoms with Crippen LogP contribution in [-0.2, 0) is 29.0 Å². The van der Waals surface area contributed by atoms with Crippen molar-refractivity contribution in [3.05, 3.63) is 78.0 Å². The summed E-state index contributed by atoms with van der Waals surface area (Å²) in [6, 6.07) is 18.5. The summed E-state index contributed by atoms with van der Waals surface area (Å²) in [6.45, 7) is 1.11. The number of benzene rings is 2. The van der Waals surface area contributed by atoms with E-state index in [9.17, 15) is 9.59 Å². The second-order valence-corrected chi connectivity index (χ2v) is 7.27. The minimum absolute atomic E-state index is 0.101. The Bertz CT molecular complexity index is 1010. The van der Waals surface area contributed by atoms with Crippen LogP contribution in [0.4, 0.5) is 0 Å². The molecule has 3 aromatic rings. The van der Waals surface area contributed by atoms with Crippen molar-refractivity contribution < 1.29 is 18.7 Å². The smallest absolute Gasteiger partial charge is 0.253 e. The van der Waals surface area contributed by atoms with E-state index < -0.39 is 6.04 Å². The first-order valence-corrected chi connectivity index (χ1v) is 10.3. The predicted molar refractivity (Wildman–Crippen MR) is 112 cm³/mol. The molecular formula is C23H24N4O4. The highest BCUT2D eigenvalue weighted by atomic mass is 16.5. The number of rotatable bonds is 8.